The molecule has 4 aromatic rings. The molecule has 1 unspecified atom stereocenters. The number of halogens is 4. The molecule has 0 aliphatic heterocycles. The molecule has 4 aromatic carbocycles. The highest BCUT2D eigenvalue weighted by molar-refractivity contribution is 7.92. The predicted molar refractivity (Wildman–Crippen MR) is 181 cm³/mol. The van der Waals surface area contributed by atoms with Crippen molar-refractivity contribution in [3.05, 3.63) is 130 Å². The number of carbonyl (C=O) groups excluding carboxylic acids is 2. The minimum absolute atomic E-state index is 0.0795. The smallest absolute Gasteiger partial charge is 0.350 e. The van der Waals surface area contributed by atoms with Gasteiger partial charge in [-0.25, -0.2) is 8.42 Å². The molecule has 1 atom stereocenters. The third-order valence-electron chi connectivity index (χ3n) is 7.52. The lowest BCUT2D eigenvalue weighted by Crippen LogP contribution is -2.56. The number of hydrogen-bond donors (Lipinski definition) is 1. The Morgan fingerprint density at radius 2 is 1.44 bits per heavy atom. The molecule has 12 heteroatoms. The molecular weight excluding hydrogens is 663 g/mol. The van der Waals surface area contributed by atoms with Gasteiger partial charge in [0.1, 0.15) is 12.6 Å². The number of anilines is 1. The van der Waals surface area contributed by atoms with Gasteiger partial charge in [0.05, 0.1) is 21.2 Å². The number of aryl methyl sites for hydroxylation is 1. The zero-order valence-corrected chi connectivity index (χ0v) is 28.5. The van der Waals surface area contributed by atoms with Gasteiger partial charge >= 0.3 is 6.18 Å². The molecule has 0 saturated carbocycles. The van der Waals surface area contributed by atoms with Crippen LogP contribution in [-0.4, -0.2) is 43.3 Å². The van der Waals surface area contributed by atoms with Crippen molar-refractivity contribution in [2.24, 2.45) is 0 Å². The van der Waals surface area contributed by atoms with Crippen LogP contribution in [0.25, 0.3) is 0 Å². The van der Waals surface area contributed by atoms with Crippen molar-refractivity contribution in [2.75, 3.05) is 10.8 Å². The minimum Gasteiger partial charge on any atom is -0.350 e. The zero-order valence-electron chi connectivity index (χ0n) is 27.0. The number of benzene rings is 4. The molecule has 2 amide bonds. The highest BCUT2D eigenvalue weighted by atomic mass is 35.5. The first-order valence-electron chi connectivity index (χ1n) is 15.1. The Morgan fingerprint density at radius 1 is 0.854 bits per heavy atom. The summed E-state index contributed by atoms with van der Waals surface area (Å²) in [6.07, 6.45) is -4.75. The van der Waals surface area contributed by atoms with Crippen LogP contribution in [0.4, 0.5) is 18.9 Å². The number of alkyl halides is 3. The maximum Gasteiger partial charge on any atom is 0.416 e. The number of sulfonamides is 1. The van der Waals surface area contributed by atoms with E-state index in [4.69, 9.17) is 11.6 Å². The van der Waals surface area contributed by atoms with Gasteiger partial charge in [-0.1, -0.05) is 84.4 Å². The number of carbonyl (C=O) groups is 2. The van der Waals surface area contributed by atoms with Crippen LogP contribution in [0.3, 0.4) is 0 Å². The summed E-state index contributed by atoms with van der Waals surface area (Å²) >= 11 is 6.38. The number of rotatable bonds is 11. The summed E-state index contributed by atoms with van der Waals surface area (Å²) < 4.78 is 70.4. The molecule has 4 rings (SSSR count). The number of hydrogen-bond acceptors (Lipinski definition) is 4. The predicted octanol–water partition coefficient (Wildman–Crippen LogP) is 7.42. The van der Waals surface area contributed by atoms with E-state index in [2.05, 4.69) is 5.32 Å². The molecule has 0 aromatic heterocycles. The van der Waals surface area contributed by atoms with Gasteiger partial charge in [0.25, 0.3) is 10.0 Å². The summed E-state index contributed by atoms with van der Waals surface area (Å²) in [6, 6.07) is 24.5. The normalized spacial score (nSPS) is 12.7. The van der Waals surface area contributed by atoms with E-state index in [0.29, 0.717) is 15.9 Å². The summed E-state index contributed by atoms with van der Waals surface area (Å²) in [7, 11) is -4.65. The molecule has 0 spiro atoms. The lowest BCUT2D eigenvalue weighted by atomic mass is 10.00. The van der Waals surface area contributed by atoms with Gasteiger partial charge in [-0.05, 0) is 74.7 Å². The fourth-order valence-electron chi connectivity index (χ4n) is 5.09. The van der Waals surface area contributed by atoms with Crippen molar-refractivity contribution in [2.45, 2.75) is 63.3 Å². The summed E-state index contributed by atoms with van der Waals surface area (Å²) in [5, 5.41) is 2.63. The molecule has 0 radical (unpaired) electrons. The molecule has 7 nitrogen and oxygen atoms in total. The molecule has 48 heavy (non-hydrogen) atoms. The third kappa shape index (κ3) is 9.17. The molecule has 1 N–H and O–H groups in total. The molecule has 0 aliphatic carbocycles. The first kappa shape index (κ1) is 36.5. The Hall–Kier alpha value is -4.35. The molecule has 0 aliphatic rings. The third-order valence-corrected chi connectivity index (χ3v) is 9.62. The van der Waals surface area contributed by atoms with Crippen LogP contribution in [0.2, 0.25) is 5.02 Å². The topological polar surface area (TPSA) is 86.8 Å². The monoisotopic (exact) mass is 699 g/mol. The van der Waals surface area contributed by atoms with Gasteiger partial charge in [0.15, 0.2) is 0 Å². The zero-order chi connectivity index (χ0) is 35.3. The van der Waals surface area contributed by atoms with Crippen LogP contribution in [-0.2, 0) is 38.8 Å². The van der Waals surface area contributed by atoms with Crippen molar-refractivity contribution < 1.29 is 31.2 Å². The van der Waals surface area contributed by atoms with Gasteiger partial charge in [-0.15, -0.1) is 0 Å². The fourth-order valence-corrected chi connectivity index (χ4v) is 6.81. The minimum atomic E-state index is -4.83. The van der Waals surface area contributed by atoms with Crippen molar-refractivity contribution in [3.8, 4) is 0 Å². The Bertz CT molecular complexity index is 1850. The van der Waals surface area contributed by atoms with Crippen LogP contribution < -0.4 is 9.62 Å². The van der Waals surface area contributed by atoms with Gasteiger partial charge in [0, 0.05) is 18.5 Å². The SMILES string of the molecule is Cc1ccccc1CN(C(=O)CN(c1cc(C(F)(F)F)ccc1Cl)S(=O)(=O)c1ccccc1)C(Cc1ccccc1)C(=O)NC(C)(C)C. The number of nitrogens with one attached hydrogen (secondary N) is 1. The average Bonchev–Trinajstić information content (AvgIpc) is 3.02. The number of amides is 2. The second-order valence-corrected chi connectivity index (χ2v) is 14.7. The Labute approximate surface area is 284 Å². The summed E-state index contributed by atoms with van der Waals surface area (Å²) in [5.74, 6) is -1.31. The molecule has 0 saturated heterocycles. The molecule has 254 valence electrons. The van der Waals surface area contributed by atoms with Crippen LogP contribution in [0.15, 0.2) is 108 Å². The largest absolute Gasteiger partial charge is 0.416 e. The fraction of sp³-hybridized carbons (Fsp3) is 0.278. The first-order chi connectivity index (χ1) is 22.5. The van der Waals surface area contributed by atoms with Gasteiger partial charge in [0.2, 0.25) is 11.8 Å². The highest BCUT2D eigenvalue weighted by Crippen LogP contribution is 2.37. The van der Waals surface area contributed by atoms with Gasteiger partial charge < -0.3 is 10.2 Å². The summed E-state index contributed by atoms with van der Waals surface area (Å²) in [4.78, 5) is 29.6. The van der Waals surface area contributed by atoms with Crippen LogP contribution >= 0.6 is 11.6 Å². The van der Waals surface area contributed by atoms with E-state index in [0.717, 1.165) is 23.3 Å². The quantitative estimate of drug-likeness (QED) is 0.177. The van der Waals surface area contributed by atoms with Crippen LogP contribution in [0.5, 0.6) is 0 Å². The van der Waals surface area contributed by atoms with Gasteiger partial charge in [-0.3, -0.25) is 13.9 Å². The van der Waals surface area contributed by atoms with E-state index in [-0.39, 0.29) is 22.9 Å². The van der Waals surface area contributed by atoms with E-state index >= 15 is 0 Å². The van der Waals surface area contributed by atoms with Crippen molar-refractivity contribution >= 4 is 39.1 Å². The standard InChI is InChI=1S/C36H37ClF3N3O4S/c1-25-13-11-12-16-27(25)23-42(32(34(45)41-35(2,3)4)21-26-14-7-5-8-15-26)33(44)24-43(48(46,47)29-17-9-6-10-18-29)31-22-28(36(38,39)40)19-20-30(31)37/h5-20,22,32H,21,23-24H2,1-4H3,(H,41,45). The molecule has 0 fully saturated rings. The van der Waals surface area contributed by atoms with E-state index in [1.54, 1.807) is 51.1 Å². The average molecular weight is 700 g/mol. The second kappa shape index (κ2) is 14.8. The second-order valence-electron chi connectivity index (χ2n) is 12.4. The Balaban J connectivity index is 1.89. The van der Waals surface area contributed by atoms with Crippen molar-refractivity contribution in [1.82, 2.24) is 10.2 Å². The lowest BCUT2D eigenvalue weighted by molar-refractivity contribution is -0.140. The van der Waals surface area contributed by atoms with E-state index in [1.165, 1.54) is 29.2 Å². The molecule has 0 heterocycles. The molecular formula is C36H37ClF3N3O4S. The van der Waals surface area contributed by atoms with E-state index in [9.17, 15) is 31.2 Å². The van der Waals surface area contributed by atoms with Crippen LogP contribution in [0.1, 0.15) is 43.0 Å². The Morgan fingerprint density at radius 3 is 2.02 bits per heavy atom. The van der Waals surface area contributed by atoms with Crippen molar-refractivity contribution in [3.63, 3.8) is 0 Å². The summed E-state index contributed by atoms with van der Waals surface area (Å²) in [6.45, 7) is 6.19. The summed E-state index contributed by atoms with van der Waals surface area (Å²) in [5.41, 5.74) is -0.104. The molecule has 0 bridgehead atoms. The van der Waals surface area contributed by atoms with E-state index < -0.39 is 57.4 Å². The number of nitrogens with zero attached hydrogens (tertiary/aromatic N) is 2. The van der Waals surface area contributed by atoms with Crippen LogP contribution in [0, 0.1) is 6.92 Å². The van der Waals surface area contributed by atoms with E-state index in [1.807, 2.05) is 37.3 Å². The van der Waals surface area contributed by atoms with Gasteiger partial charge in [-0.2, -0.15) is 13.2 Å². The van der Waals surface area contributed by atoms with Crippen molar-refractivity contribution in [1.29, 1.82) is 0 Å². The Kier molecular flexibility index (Phi) is 11.3. The highest BCUT2D eigenvalue weighted by Gasteiger charge is 2.38. The lowest BCUT2D eigenvalue weighted by Gasteiger charge is -2.35. The maximum absolute atomic E-state index is 14.6. The first-order valence-corrected chi connectivity index (χ1v) is 16.9. The maximum atomic E-state index is 14.6.